The number of fused-ring (bicyclic) bond motifs is 2. The van der Waals surface area contributed by atoms with E-state index in [1.807, 2.05) is 18.2 Å². The lowest BCUT2D eigenvalue weighted by Crippen LogP contribution is -1.93. The van der Waals surface area contributed by atoms with Gasteiger partial charge in [0.25, 0.3) is 5.69 Å². The maximum atomic E-state index is 10.8. The zero-order valence-electron chi connectivity index (χ0n) is 9.90. The van der Waals surface area contributed by atoms with Crippen LogP contribution in [0.3, 0.4) is 0 Å². The SMILES string of the molecule is N#CSc1ccc2c(c1)Sc1ccc([N+](=O)[O-])cc1S2. The Hall–Kier alpha value is -1.62. The van der Waals surface area contributed by atoms with E-state index in [1.165, 1.54) is 17.8 Å². The minimum Gasteiger partial charge on any atom is -0.258 e. The Morgan fingerprint density at radius 3 is 2.35 bits per heavy atom. The van der Waals surface area contributed by atoms with Crippen molar-refractivity contribution in [3.63, 3.8) is 0 Å². The van der Waals surface area contributed by atoms with Gasteiger partial charge in [0.15, 0.2) is 0 Å². The average Bonchev–Trinajstić information content (AvgIpc) is 2.44. The van der Waals surface area contributed by atoms with Crippen molar-refractivity contribution >= 4 is 41.0 Å². The smallest absolute Gasteiger partial charge is 0.258 e. The lowest BCUT2D eigenvalue weighted by atomic mass is 10.3. The number of rotatable bonds is 2. The van der Waals surface area contributed by atoms with Crippen LogP contribution in [0.1, 0.15) is 0 Å². The summed E-state index contributed by atoms with van der Waals surface area (Å²) in [6.45, 7) is 0. The molecule has 1 aliphatic heterocycles. The van der Waals surface area contributed by atoms with Crippen LogP contribution in [0.4, 0.5) is 5.69 Å². The molecule has 20 heavy (non-hydrogen) atoms. The average molecular weight is 318 g/mol. The van der Waals surface area contributed by atoms with E-state index in [4.69, 9.17) is 5.26 Å². The maximum Gasteiger partial charge on any atom is 0.270 e. The Balaban J connectivity index is 1.98. The van der Waals surface area contributed by atoms with E-state index in [0.29, 0.717) is 0 Å². The molecule has 0 radical (unpaired) electrons. The first-order valence-electron chi connectivity index (χ1n) is 5.51. The number of nitro benzene ring substituents is 1. The van der Waals surface area contributed by atoms with Gasteiger partial charge < -0.3 is 0 Å². The standard InChI is InChI=1S/C13H6N2O2S3/c14-7-18-9-2-4-11-13(6-9)20-10-3-1-8(15(16)17)5-12(10)19-11/h1-6H. The number of hydrogen-bond donors (Lipinski definition) is 0. The van der Waals surface area contributed by atoms with Crippen LogP contribution in [0, 0.1) is 20.8 Å². The third kappa shape index (κ3) is 2.50. The molecule has 0 saturated carbocycles. The molecular formula is C13H6N2O2S3. The molecule has 0 fully saturated rings. The van der Waals surface area contributed by atoms with E-state index in [0.717, 1.165) is 36.2 Å². The second-order valence-corrected chi connectivity index (χ2v) is 6.92. The van der Waals surface area contributed by atoms with E-state index in [-0.39, 0.29) is 10.6 Å². The molecule has 0 aliphatic carbocycles. The lowest BCUT2D eigenvalue weighted by molar-refractivity contribution is -0.385. The Morgan fingerprint density at radius 1 is 1.05 bits per heavy atom. The zero-order valence-corrected chi connectivity index (χ0v) is 12.3. The summed E-state index contributed by atoms with van der Waals surface area (Å²) in [5, 5.41) is 21.6. The van der Waals surface area contributed by atoms with Gasteiger partial charge in [-0.05, 0) is 36.0 Å². The van der Waals surface area contributed by atoms with E-state index >= 15 is 0 Å². The highest BCUT2D eigenvalue weighted by molar-refractivity contribution is 8.05. The van der Waals surface area contributed by atoms with Gasteiger partial charge in [0.05, 0.1) is 4.92 Å². The number of nitriles is 1. The van der Waals surface area contributed by atoms with Crippen LogP contribution >= 0.6 is 35.3 Å². The predicted octanol–water partition coefficient (Wildman–Crippen LogP) is 4.78. The van der Waals surface area contributed by atoms with Crippen LogP contribution in [0.5, 0.6) is 0 Å². The molecule has 3 rings (SSSR count). The fraction of sp³-hybridized carbons (Fsp3) is 0. The largest absolute Gasteiger partial charge is 0.270 e. The first-order chi connectivity index (χ1) is 9.67. The number of nitro groups is 1. The van der Waals surface area contributed by atoms with E-state index in [1.54, 1.807) is 23.9 Å². The molecular weight excluding hydrogens is 312 g/mol. The molecule has 0 amide bonds. The fourth-order valence-electron chi connectivity index (χ4n) is 1.78. The molecule has 0 spiro atoms. The summed E-state index contributed by atoms with van der Waals surface area (Å²) in [4.78, 5) is 15.4. The van der Waals surface area contributed by atoms with Crippen molar-refractivity contribution in [2.24, 2.45) is 0 Å². The Labute approximate surface area is 127 Å². The summed E-state index contributed by atoms with van der Waals surface area (Å²) >= 11 is 4.23. The minimum atomic E-state index is -0.381. The van der Waals surface area contributed by atoms with Crippen molar-refractivity contribution in [3.8, 4) is 5.40 Å². The molecule has 0 bridgehead atoms. The first-order valence-corrected chi connectivity index (χ1v) is 7.96. The highest BCUT2D eigenvalue weighted by Gasteiger charge is 2.20. The number of non-ortho nitro benzene ring substituents is 1. The molecule has 0 unspecified atom stereocenters. The second-order valence-electron chi connectivity index (χ2n) is 3.89. The number of nitrogens with zero attached hydrogens (tertiary/aromatic N) is 2. The summed E-state index contributed by atoms with van der Waals surface area (Å²) in [7, 11) is 0. The van der Waals surface area contributed by atoms with Crippen LogP contribution in [-0.2, 0) is 0 Å². The molecule has 0 saturated heterocycles. The molecule has 4 nitrogen and oxygen atoms in total. The highest BCUT2D eigenvalue weighted by Crippen LogP contribution is 2.49. The number of benzene rings is 2. The monoisotopic (exact) mass is 318 g/mol. The van der Waals surface area contributed by atoms with Gasteiger partial charge in [0.2, 0.25) is 0 Å². The molecule has 1 heterocycles. The summed E-state index contributed by atoms with van der Waals surface area (Å²) in [5.41, 5.74) is 0.108. The van der Waals surface area contributed by atoms with E-state index in [2.05, 4.69) is 5.40 Å². The number of thiocyanates is 1. The minimum absolute atomic E-state index is 0.108. The topological polar surface area (TPSA) is 66.9 Å². The lowest BCUT2D eigenvalue weighted by Gasteiger charge is -2.18. The van der Waals surface area contributed by atoms with E-state index in [9.17, 15) is 10.1 Å². The number of hydrogen-bond acceptors (Lipinski definition) is 6. The molecule has 1 aliphatic rings. The van der Waals surface area contributed by atoms with Crippen LogP contribution in [0.25, 0.3) is 0 Å². The summed E-state index contributed by atoms with van der Waals surface area (Å²) < 4.78 is 0. The molecule has 2 aromatic carbocycles. The molecule has 0 atom stereocenters. The molecule has 0 aromatic heterocycles. The van der Waals surface area contributed by atoms with Gasteiger partial charge in [0, 0.05) is 36.6 Å². The first kappa shape index (κ1) is 13.4. The van der Waals surface area contributed by atoms with Crippen molar-refractivity contribution < 1.29 is 4.92 Å². The van der Waals surface area contributed by atoms with Crippen molar-refractivity contribution in [2.75, 3.05) is 0 Å². The zero-order chi connectivity index (χ0) is 14.1. The maximum absolute atomic E-state index is 10.8. The third-order valence-corrected chi connectivity index (χ3v) is 5.76. The quantitative estimate of drug-likeness (QED) is 0.293. The van der Waals surface area contributed by atoms with Crippen molar-refractivity contribution in [1.29, 1.82) is 5.26 Å². The molecule has 2 aromatic rings. The second kappa shape index (κ2) is 5.40. The highest BCUT2D eigenvalue weighted by atomic mass is 32.2. The summed E-state index contributed by atoms with van der Waals surface area (Å²) in [6, 6.07) is 10.7. The van der Waals surface area contributed by atoms with Gasteiger partial charge in [-0.1, -0.05) is 23.5 Å². The molecule has 98 valence electrons. The van der Waals surface area contributed by atoms with Crippen LogP contribution in [0.2, 0.25) is 0 Å². The molecule has 7 heteroatoms. The van der Waals surface area contributed by atoms with Gasteiger partial charge in [-0.3, -0.25) is 10.1 Å². The van der Waals surface area contributed by atoms with E-state index < -0.39 is 0 Å². The van der Waals surface area contributed by atoms with Gasteiger partial charge in [-0.2, -0.15) is 5.26 Å². The third-order valence-electron chi connectivity index (χ3n) is 2.66. The summed E-state index contributed by atoms with van der Waals surface area (Å²) in [6.07, 6.45) is 0. The number of thioether (sulfide) groups is 1. The Morgan fingerprint density at radius 2 is 1.70 bits per heavy atom. The van der Waals surface area contributed by atoms with Crippen molar-refractivity contribution in [3.05, 3.63) is 46.5 Å². The van der Waals surface area contributed by atoms with Crippen molar-refractivity contribution in [1.82, 2.24) is 0 Å². The van der Waals surface area contributed by atoms with Crippen LogP contribution in [-0.4, -0.2) is 4.92 Å². The Kier molecular flexibility index (Phi) is 3.61. The van der Waals surface area contributed by atoms with Gasteiger partial charge in [-0.15, -0.1) is 0 Å². The Bertz CT molecular complexity index is 756. The molecule has 0 N–H and O–H groups in total. The van der Waals surface area contributed by atoms with Gasteiger partial charge >= 0.3 is 0 Å². The normalized spacial score (nSPS) is 12.2. The summed E-state index contributed by atoms with van der Waals surface area (Å²) in [5.74, 6) is 0. The van der Waals surface area contributed by atoms with Crippen molar-refractivity contribution in [2.45, 2.75) is 24.5 Å². The predicted molar refractivity (Wildman–Crippen MR) is 79.3 cm³/mol. The van der Waals surface area contributed by atoms with Gasteiger partial charge in [0.1, 0.15) is 5.40 Å². The fourth-order valence-corrected chi connectivity index (χ4v) is 4.54. The van der Waals surface area contributed by atoms with Crippen LogP contribution in [0.15, 0.2) is 60.9 Å². The van der Waals surface area contributed by atoms with Crippen LogP contribution < -0.4 is 0 Å². The van der Waals surface area contributed by atoms with Gasteiger partial charge in [-0.25, -0.2) is 0 Å².